The normalized spacial score (nSPS) is 15.9. The van der Waals surface area contributed by atoms with E-state index in [-0.39, 0.29) is 12.1 Å². The van der Waals surface area contributed by atoms with Gasteiger partial charge in [0, 0.05) is 16.6 Å². The van der Waals surface area contributed by atoms with Crippen molar-refractivity contribution in [1.82, 2.24) is 20.4 Å². The fourth-order valence-corrected chi connectivity index (χ4v) is 3.58. The molecule has 2 heterocycles. The van der Waals surface area contributed by atoms with Crippen molar-refractivity contribution in [2.75, 3.05) is 13.7 Å². The Hall–Kier alpha value is -2.64. The third kappa shape index (κ3) is 3.74. The first-order valence-electron chi connectivity index (χ1n) is 8.64. The highest BCUT2D eigenvalue weighted by Gasteiger charge is 2.27. The molecule has 2 aromatic carbocycles. The van der Waals surface area contributed by atoms with Gasteiger partial charge in [0.15, 0.2) is 0 Å². The molecule has 0 radical (unpaired) electrons. The number of hydrogen-bond donors (Lipinski definition) is 2. The molecule has 0 spiro atoms. The molecule has 0 saturated carbocycles. The lowest BCUT2D eigenvalue weighted by atomic mass is 10.1. The maximum Gasteiger partial charge on any atom is 0.269 e. The molecule has 0 fully saturated rings. The van der Waals surface area contributed by atoms with Gasteiger partial charge in [-0.1, -0.05) is 40.2 Å². The summed E-state index contributed by atoms with van der Waals surface area (Å²) < 4.78 is 8.10. The van der Waals surface area contributed by atoms with Gasteiger partial charge < -0.3 is 10.1 Å². The number of carbonyl (C=O) groups excluding carboxylic acids is 1. The molecular formula is C20H19BrN4O2. The lowest BCUT2D eigenvalue weighted by Gasteiger charge is -2.25. The van der Waals surface area contributed by atoms with Crippen LogP contribution in [0.4, 0.5) is 0 Å². The molecule has 1 aromatic heterocycles. The zero-order valence-electron chi connectivity index (χ0n) is 14.8. The Labute approximate surface area is 165 Å². The summed E-state index contributed by atoms with van der Waals surface area (Å²) >= 11 is 3.49. The molecule has 0 aliphatic carbocycles. The predicted molar refractivity (Wildman–Crippen MR) is 107 cm³/mol. The Bertz CT molecular complexity index is 986. The van der Waals surface area contributed by atoms with Gasteiger partial charge in [-0.05, 0) is 35.9 Å². The number of halogens is 1. The Morgan fingerprint density at radius 1 is 1.26 bits per heavy atom. The van der Waals surface area contributed by atoms with E-state index in [9.17, 15) is 4.79 Å². The van der Waals surface area contributed by atoms with Gasteiger partial charge in [-0.15, -0.1) is 0 Å². The smallest absolute Gasteiger partial charge is 0.269 e. The summed E-state index contributed by atoms with van der Waals surface area (Å²) in [4.78, 5) is 12.3. The average molecular weight is 427 g/mol. The van der Waals surface area contributed by atoms with E-state index in [0.29, 0.717) is 18.8 Å². The molecule has 1 amide bonds. The van der Waals surface area contributed by atoms with E-state index in [2.05, 4.69) is 43.8 Å². The lowest BCUT2D eigenvalue weighted by molar-refractivity contribution is 0.0900. The van der Waals surface area contributed by atoms with Gasteiger partial charge in [0.2, 0.25) is 0 Å². The molecule has 4 rings (SSSR count). The van der Waals surface area contributed by atoms with Crippen LogP contribution in [-0.2, 0) is 6.54 Å². The molecule has 3 aromatic rings. The first-order valence-corrected chi connectivity index (χ1v) is 9.43. The third-order valence-corrected chi connectivity index (χ3v) is 5.01. The second-order valence-electron chi connectivity index (χ2n) is 6.33. The molecule has 6 nitrogen and oxygen atoms in total. The summed E-state index contributed by atoms with van der Waals surface area (Å²) in [6, 6.07) is 17.6. The number of amides is 1. The maximum atomic E-state index is 12.3. The van der Waals surface area contributed by atoms with Crippen molar-refractivity contribution in [1.29, 1.82) is 0 Å². The van der Waals surface area contributed by atoms with Gasteiger partial charge in [-0.25, -0.2) is 4.68 Å². The second kappa shape index (κ2) is 7.54. The molecule has 7 heteroatoms. The summed E-state index contributed by atoms with van der Waals surface area (Å²) in [5.41, 5.74) is 3.36. The SMILES string of the molecule is COc1cccc(-c2cc3n(n2)[C@@H](NCc2cccc(Br)c2)CNC3=O)c1. The minimum absolute atomic E-state index is 0.114. The van der Waals surface area contributed by atoms with Crippen LogP contribution in [0.1, 0.15) is 22.2 Å². The summed E-state index contributed by atoms with van der Waals surface area (Å²) in [6.07, 6.45) is -0.115. The number of aromatic nitrogens is 2. The quantitative estimate of drug-likeness (QED) is 0.656. The molecule has 1 aliphatic rings. The molecule has 2 N–H and O–H groups in total. The number of fused-ring (bicyclic) bond motifs is 1. The second-order valence-corrected chi connectivity index (χ2v) is 7.24. The minimum atomic E-state index is -0.115. The molecule has 1 atom stereocenters. The van der Waals surface area contributed by atoms with Crippen LogP contribution in [-0.4, -0.2) is 29.3 Å². The van der Waals surface area contributed by atoms with Crippen LogP contribution in [0, 0.1) is 0 Å². The fraction of sp³-hybridized carbons (Fsp3) is 0.200. The topological polar surface area (TPSA) is 68.2 Å². The number of methoxy groups -OCH3 is 1. The molecule has 0 unspecified atom stereocenters. The zero-order valence-corrected chi connectivity index (χ0v) is 16.4. The van der Waals surface area contributed by atoms with Gasteiger partial charge in [-0.2, -0.15) is 5.10 Å². The highest BCUT2D eigenvalue weighted by Crippen LogP contribution is 2.26. The van der Waals surface area contributed by atoms with Gasteiger partial charge in [0.05, 0.1) is 19.3 Å². The lowest BCUT2D eigenvalue weighted by Crippen LogP contribution is -2.45. The number of ether oxygens (including phenoxy) is 1. The molecular weight excluding hydrogens is 408 g/mol. The summed E-state index contributed by atoms with van der Waals surface area (Å²) in [5.74, 6) is 0.643. The Morgan fingerprint density at radius 3 is 2.93 bits per heavy atom. The predicted octanol–water partition coefficient (Wildman–Crippen LogP) is 3.35. The Balaban J connectivity index is 1.60. The molecule has 1 aliphatic heterocycles. The van der Waals surface area contributed by atoms with Crippen molar-refractivity contribution in [2.24, 2.45) is 0 Å². The van der Waals surface area contributed by atoms with E-state index < -0.39 is 0 Å². The van der Waals surface area contributed by atoms with Crippen LogP contribution in [0.25, 0.3) is 11.3 Å². The van der Waals surface area contributed by atoms with E-state index in [0.717, 1.165) is 27.0 Å². The van der Waals surface area contributed by atoms with E-state index >= 15 is 0 Å². The van der Waals surface area contributed by atoms with Crippen LogP contribution in [0.5, 0.6) is 5.75 Å². The molecule has 0 bridgehead atoms. The highest BCUT2D eigenvalue weighted by molar-refractivity contribution is 9.10. The van der Waals surface area contributed by atoms with Crippen LogP contribution < -0.4 is 15.4 Å². The van der Waals surface area contributed by atoms with Crippen molar-refractivity contribution in [3.05, 3.63) is 70.3 Å². The number of hydrogen-bond acceptors (Lipinski definition) is 4. The average Bonchev–Trinajstić information content (AvgIpc) is 3.14. The maximum absolute atomic E-state index is 12.3. The summed E-state index contributed by atoms with van der Waals surface area (Å²) in [6.45, 7) is 1.16. The number of rotatable bonds is 5. The molecule has 27 heavy (non-hydrogen) atoms. The van der Waals surface area contributed by atoms with Crippen molar-refractivity contribution < 1.29 is 9.53 Å². The fourth-order valence-electron chi connectivity index (χ4n) is 3.13. The first kappa shape index (κ1) is 17.8. The van der Waals surface area contributed by atoms with Gasteiger partial charge in [-0.3, -0.25) is 10.1 Å². The number of carbonyl (C=O) groups is 1. The third-order valence-electron chi connectivity index (χ3n) is 4.52. The van der Waals surface area contributed by atoms with Crippen molar-refractivity contribution >= 4 is 21.8 Å². The monoisotopic (exact) mass is 426 g/mol. The van der Waals surface area contributed by atoms with Gasteiger partial charge >= 0.3 is 0 Å². The molecule has 0 saturated heterocycles. The number of benzene rings is 2. The van der Waals surface area contributed by atoms with Crippen LogP contribution >= 0.6 is 15.9 Å². The standard InChI is InChI=1S/C20H19BrN4O2/c1-27-16-7-3-5-14(9-16)17-10-18-20(26)23-12-19(25(18)24-17)22-11-13-4-2-6-15(21)8-13/h2-10,19,22H,11-12H2,1H3,(H,23,26)/t19-/m1/s1. The van der Waals surface area contributed by atoms with Crippen molar-refractivity contribution in [2.45, 2.75) is 12.7 Å². The Morgan fingerprint density at radius 2 is 2.11 bits per heavy atom. The summed E-state index contributed by atoms with van der Waals surface area (Å²) in [7, 11) is 1.63. The van der Waals surface area contributed by atoms with Gasteiger partial charge in [0.25, 0.3) is 5.91 Å². The van der Waals surface area contributed by atoms with E-state index in [4.69, 9.17) is 4.74 Å². The zero-order chi connectivity index (χ0) is 18.8. The molecule has 138 valence electrons. The summed E-state index contributed by atoms with van der Waals surface area (Å²) in [5, 5.41) is 11.1. The minimum Gasteiger partial charge on any atom is -0.497 e. The van der Waals surface area contributed by atoms with Crippen molar-refractivity contribution in [3.8, 4) is 17.0 Å². The highest BCUT2D eigenvalue weighted by atomic mass is 79.9. The number of nitrogens with one attached hydrogen (secondary N) is 2. The van der Waals surface area contributed by atoms with Crippen LogP contribution in [0.2, 0.25) is 0 Å². The largest absolute Gasteiger partial charge is 0.497 e. The van der Waals surface area contributed by atoms with E-state index in [1.54, 1.807) is 11.8 Å². The van der Waals surface area contributed by atoms with E-state index in [1.807, 2.05) is 42.5 Å². The van der Waals surface area contributed by atoms with Gasteiger partial charge in [0.1, 0.15) is 17.6 Å². The Kier molecular flexibility index (Phi) is 4.96. The van der Waals surface area contributed by atoms with Crippen molar-refractivity contribution in [3.63, 3.8) is 0 Å². The van der Waals surface area contributed by atoms with E-state index in [1.165, 1.54) is 0 Å². The number of nitrogens with zero attached hydrogens (tertiary/aromatic N) is 2. The van der Waals surface area contributed by atoms with Crippen LogP contribution in [0.15, 0.2) is 59.1 Å². The first-order chi connectivity index (χ1) is 13.1. The van der Waals surface area contributed by atoms with Crippen LogP contribution in [0.3, 0.4) is 0 Å².